The first-order valence-electron chi connectivity index (χ1n) is 6.90. The molecule has 0 spiro atoms. The van der Waals surface area contributed by atoms with Crippen LogP contribution >= 0.6 is 0 Å². The van der Waals surface area contributed by atoms with Gasteiger partial charge < -0.3 is 5.73 Å². The first-order chi connectivity index (χ1) is 8.31. The van der Waals surface area contributed by atoms with Gasteiger partial charge in [0.05, 0.1) is 0 Å². The molecule has 0 fully saturated rings. The molecule has 0 unspecified atom stereocenters. The van der Waals surface area contributed by atoms with Gasteiger partial charge in [-0.05, 0) is 36.6 Å². The summed E-state index contributed by atoms with van der Waals surface area (Å²) in [6.45, 7) is 5.74. The third-order valence-corrected chi connectivity index (χ3v) is 3.72. The molecule has 0 radical (unpaired) electrons. The minimum Gasteiger partial charge on any atom is -0.398 e. The Kier molecular flexibility index (Phi) is 4.43. The summed E-state index contributed by atoms with van der Waals surface area (Å²) in [5.41, 5.74) is 9.85. The molecule has 0 bridgehead atoms. The zero-order valence-electron chi connectivity index (χ0n) is 10.9. The number of nitrogens with two attached hydrogens (primary N) is 1. The van der Waals surface area contributed by atoms with Crippen LogP contribution < -0.4 is 5.73 Å². The first-order valence-corrected chi connectivity index (χ1v) is 6.90. The second-order valence-electron chi connectivity index (χ2n) is 5.07. The van der Waals surface area contributed by atoms with Crippen LogP contribution in [0.2, 0.25) is 0 Å². The number of hydrogen-bond donors (Lipinski definition) is 1. The zero-order valence-corrected chi connectivity index (χ0v) is 10.9. The van der Waals surface area contributed by atoms with E-state index in [2.05, 4.69) is 24.0 Å². The maximum absolute atomic E-state index is 6.05. The Hall–Kier alpha value is -1.02. The van der Waals surface area contributed by atoms with Crippen molar-refractivity contribution in [3.63, 3.8) is 0 Å². The van der Waals surface area contributed by atoms with Crippen LogP contribution in [-0.2, 0) is 13.0 Å². The molecule has 0 amide bonds. The maximum Gasteiger partial charge on any atom is 0.0362 e. The highest BCUT2D eigenvalue weighted by molar-refractivity contribution is 5.51. The highest BCUT2D eigenvalue weighted by Crippen LogP contribution is 2.24. The molecule has 1 heterocycles. The van der Waals surface area contributed by atoms with Crippen molar-refractivity contribution in [1.82, 2.24) is 4.90 Å². The van der Waals surface area contributed by atoms with E-state index in [4.69, 9.17) is 5.73 Å². The van der Waals surface area contributed by atoms with Crippen LogP contribution in [0.4, 0.5) is 5.69 Å². The van der Waals surface area contributed by atoms with Crippen LogP contribution in [0.1, 0.15) is 43.7 Å². The molecular weight excluding hydrogens is 208 g/mol. The number of fused-ring (bicyclic) bond motifs is 1. The molecule has 0 aromatic heterocycles. The molecule has 94 valence electrons. The Bertz CT molecular complexity index is 360. The van der Waals surface area contributed by atoms with Crippen LogP contribution in [0.5, 0.6) is 0 Å². The molecule has 0 saturated heterocycles. The zero-order chi connectivity index (χ0) is 12.1. The molecule has 2 heteroatoms. The van der Waals surface area contributed by atoms with Gasteiger partial charge in [0.1, 0.15) is 0 Å². The van der Waals surface area contributed by atoms with E-state index >= 15 is 0 Å². The van der Waals surface area contributed by atoms with Crippen LogP contribution in [0.25, 0.3) is 0 Å². The van der Waals surface area contributed by atoms with Gasteiger partial charge in [0.2, 0.25) is 0 Å². The number of rotatable bonds is 5. The van der Waals surface area contributed by atoms with Crippen LogP contribution in [0.15, 0.2) is 18.2 Å². The van der Waals surface area contributed by atoms with Crippen LogP contribution in [0.3, 0.4) is 0 Å². The van der Waals surface area contributed by atoms with Crippen LogP contribution in [-0.4, -0.2) is 18.0 Å². The molecule has 1 aromatic rings. The fourth-order valence-corrected chi connectivity index (χ4v) is 2.62. The molecule has 1 aliphatic rings. The average molecular weight is 232 g/mol. The predicted octanol–water partition coefficient (Wildman–Crippen LogP) is 3.21. The quantitative estimate of drug-likeness (QED) is 0.624. The normalized spacial score (nSPS) is 15.8. The molecule has 0 atom stereocenters. The number of unbranched alkanes of at least 4 members (excludes halogenated alkanes) is 3. The summed E-state index contributed by atoms with van der Waals surface area (Å²) in [7, 11) is 0. The van der Waals surface area contributed by atoms with Crippen LogP contribution in [0, 0.1) is 0 Å². The Balaban J connectivity index is 1.87. The van der Waals surface area contributed by atoms with Gasteiger partial charge in [-0.3, -0.25) is 4.90 Å². The molecule has 17 heavy (non-hydrogen) atoms. The number of nitrogens with zero attached hydrogens (tertiary/aromatic N) is 1. The second kappa shape index (κ2) is 6.06. The first kappa shape index (κ1) is 12.4. The largest absolute Gasteiger partial charge is 0.398 e. The highest BCUT2D eigenvalue weighted by Gasteiger charge is 2.17. The standard InChI is InChI=1S/C15H24N2/c1-2-3-4-5-10-17-11-9-13-7-6-8-15(16)14(13)12-17/h6-8H,2-5,9-12,16H2,1H3. The van der Waals surface area contributed by atoms with Crippen molar-refractivity contribution in [3.8, 4) is 0 Å². The van der Waals surface area contributed by atoms with E-state index in [-0.39, 0.29) is 0 Å². The van der Waals surface area contributed by atoms with E-state index in [9.17, 15) is 0 Å². The second-order valence-corrected chi connectivity index (χ2v) is 5.07. The molecule has 1 aromatic carbocycles. The van der Waals surface area contributed by atoms with Gasteiger partial charge in [0.25, 0.3) is 0 Å². The van der Waals surface area contributed by atoms with Gasteiger partial charge in [0, 0.05) is 18.8 Å². The summed E-state index contributed by atoms with van der Waals surface area (Å²) in [6, 6.07) is 6.32. The molecule has 2 nitrogen and oxygen atoms in total. The van der Waals surface area contributed by atoms with E-state index in [1.165, 1.54) is 49.9 Å². The monoisotopic (exact) mass is 232 g/mol. The molecule has 2 rings (SSSR count). The summed E-state index contributed by atoms with van der Waals surface area (Å²) in [5, 5.41) is 0. The molecule has 0 aliphatic carbocycles. The Morgan fingerprint density at radius 3 is 2.94 bits per heavy atom. The van der Waals surface area contributed by atoms with Gasteiger partial charge in [-0.15, -0.1) is 0 Å². The van der Waals surface area contributed by atoms with Gasteiger partial charge in [-0.2, -0.15) is 0 Å². The number of anilines is 1. The van der Waals surface area contributed by atoms with Gasteiger partial charge >= 0.3 is 0 Å². The SMILES string of the molecule is CCCCCCN1CCc2cccc(N)c2C1. The number of hydrogen-bond acceptors (Lipinski definition) is 2. The molecule has 1 aliphatic heterocycles. The minimum atomic E-state index is 0.973. The lowest BCUT2D eigenvalue weighted by molar-refractivity contribution is 0.249. The van der Waals surface area contributed by atoms with Crippen molar-refractivity contribution in [2.45, 2.75) is 45.6 Å². The summed E-state index contributed by atoms with van der Waals surface area (Å²) < 4.78 is 0. The van der Waals surface area contributed by atoms with Crippen molar-refractivity contribution in [2.24, 2.45) is 0 Å². The Morgan fingerprint density at radius 1 is 1.24 bits per heavy atom. The topological polar surface area (TPSA) is 29.3 Å². The molecular formula is C15H24N2. The van der Waals surface area contributed by atoms with E-state index in [0.29, 0.717) is 0 Å². The van der Waals surface area contributed by atoms with Crippen molar-refractivity contribution in [3.05, 3.63) is 29.3 Å². The van der Waals surface area contributed by atoms with E-state index in [1.54, 1.807) is 0 Å². The third kappa shape index (κ3) is 3.22. The summed E-state index contributed by atoms with van der Waals surface area (Å²) in [4.78, 5) is 2.55. The van der Waals surface area contributed by atoms with Crippen molar-refractivity contribution >= 4 is 5.69 Å². The predicted molar refractivity (Wildman–Crippen MR) is 74.0 cm³/mol. The number of benzene rings is 1. The molecule has 0 saturated carbocycles. The Morgan fingerprint density at radius 2 is 2.12 bits per heavy atom. The lowest BCUT2D eigenvalue weighted by Crippen LogP contribution is -2.31. The summed E-state index contributed by atoms with van der Waals surface area (Å²) >= 11 is 0. The highest BCUT2D eigenvalue weighted by atomic mass is 15.1. The van der Waals surface area contributed by atoms with Gasteiger partial charge in [-0.1, -0.05) is 38.3 Å². The fourth-order valence-electron chi connectivity index (χ4n) is 2.62. The van der Waals surface area contributed by atoms with Gasteiger partial charge in [0.15, 0.2) is 0 Å². The summed E-state index contributed by atoms with van der Waals surface area (Å²) in [5.74, 6) is 0. The summed E-state index contributed by atoms with van der Waals surface area (Å²) in [6.07, 6.45) is 6.54. The minimum absolute atomic E-state index is 0.973. The third-order valence-electron chi connectivity index (χ3n) is 3.72. The van der Waals surface area contributed by atoms with E-state index in [1.807, 2.05) is 6.07 Å². The van der Waals surface area contributed by atoms with E-state index < -0.39 is 0 Å². The average Bonchev–Trinajstić information content (AvgIpc) is 2.36. The Labute approximate surface area is 105 Å². The molecule has 2 N–H and O–H groups in total. The van der Waals surface area contributed by atoms with Crippen molar-refractivity contribution in [2.75, 3.05) is 18.8 Å². The smallest absolute Gasteiger partial charge is 0.0362 e. The van der Waals surface area contributed by atoms with Crippen molar-refractivity contribution < 1.29 is 0 Å². The lowest BCUT2D eigenvalue weighted by atomic mass is 9.98. The fraction of sp³-hybridized carbons (Fsp3) is 0.600. The lowest BCUT2D eigenvalue weighted by Gasteiger charge is -2.29. The maximum atomic E-state index is 6.05. The van der Waals surface area contributed by atoms with Gasteiger partial charge in [-0.25, -0.2) is 0 Å². The van der Waals surface area contributed by atoms with Crippen molar-refractivity contribution in [1.29, 1.82) is 0 Å². The van der Waals surface area contributed by atoms with E-state index in [0.717, 1.165) is 18.7 Å². The number of nitrogen functional groups attached to an aromatic ring is 1.